The van der Waals surface area contributed by atoms with Gasteiger partial charge in [-0.1, -0.05) is 6.07 Å². The molecule has 148 valence electrons. The van der Waals surface area contributed by atoms with Gasteiger partial charge in [0.1, 0.15) is 11.5 Å². The number of carbonyl (C=O) groups excluding carboxylic acids is 2. The van der Waals surface area contributed by atoms with Gasteiger partial charge in [-0.25, -0.2) is 4.79 Å². The van der Waals surface area contributed by atoms with Crippen molar-refractivity contribution in [2.75, 3.05) is 20.8 Å². The number of nitrogens with one attached hydrogen (secondary N) is 1. The maximum Gasteiger partial charge on any atom is 0.338 e. The largest absolute Gasteiger partial charge is 0.497 e. The Morgan fingerprint density at radius 2 is 1.89 bits per heavy atom. The fraction of sp³-hybridized carbons (Fsp3) is 0.263. The van der Waals surface area contributed by atoms with Crippen LogP contribution in [0.15, 0.2) is 42.5 Å². The van der Waals surface area contributed by atoms with Crippen LogP contribution in [-0.4, -0.2) is 37.6 Å². The number of esters is 1. The summed E-state index contributed by atoms with van der Waals surface area (Å²) in [5.41, 5.74) is 0.447. The van der Waals surface area contributed by atoms with E-state index < -0.39 is 29.4 Å². The van der Waals surface area contributed by atoms with Crippen LogP contribution in [0.5, 0.6) is 11.5 Å². The van der Waals surface area contributed by atoms with Gasteiger partial charge in [0.2, 0.25) is 0 Å². The molecule has 0 aliphatic carbocycles. The van der Waals surface area contributed by atoms with Crippen LogP contribution in [0.1, 0.15) is 28.9 Å². The minimum Gasteiger partial charge on any atom is -0.497 e. The highest BCUT2D eigenvalue weighted by Gasteiger charge is 2.18. The average molecular weight is 388 g/mol. The maximum atomic E-state index is 12.1. The zero-order valence-corrected chi connectivity index (χ0v) is 15.6. The van der Waals surface area contributed by atoms with Gasteiger partial charge in [0.05, 0.1) is 30.7 Å². The van der Waals surface area contributed by atoms with Gasteiger partial charge in [-0.05, 0) is 31.2 Å². The molecule has 0 bridgehead atoms. The van der Waals surface area contributed by atoms with Crippen molar-refractivity contribution >= 4 is 17.6 Å². The van der Waals surface area contributed by atoms with Crippen molar-refractivity contribution < 1.29 is 28.7 Å². The molecule has 0 aliphatic rings. The molecule has 0 aromatic heterocycles. The molecule has 28 heavy (non-hydrogen) atoms. The van der Waals surface area contributed by atoms with E-state index >= 15 is 0 Å². The Morgan fingerprint density at radius 3 is 2.54 bits per heavy atom. The van der Waals surface area contributed by atoms with Crippen LogP contribution < -0.4 is 14.8 Å². The number of methoxy groups -OCH3 is 2. The zero-order chi connectivity index (χ0) is 20.7. The number of nitrogens with zero attached hydrogens (tertiary/aromatic N) is 1. The highest BCUT2D eigenvalue weighted by molar-refractivity contribution is 5.92. The summed E-state index contributed by atoms with van der Waals surface area (Å²) in [4.78, 5) is 34.3. The summed E-state index contributed by atoms with van der Waals surface area (Å²) in [6.07, 6.45) is 0. The highest BCUT2D eigenvalue weighted by Crippen LogP contribution is 2.29. The molecule has 0 saturated carbocycles. The Bertz CT molecular complexity index is 882. The Morgan fingerprint density at radius 1 is 1.14 bits per heavy atom. The number of nitro groups is 1. The van der Waals surface area contributed by atoms with Crippen LogP contribution in [0.25, 0.3) is 0 Å². The van der Waals surface area contributed by atoms with Crippen LogP contribution in [0.4, 0.5) is 5.69 Å². The van der Waals surface area contributed by atoms with Gasteiger partial charge in [-0.15, -0.1) is 0 Å². The quantitative estimate of drug-likeness (QED) is 0.420. The first kappa shape index (κ1) is 20.7. The highest BCUT2D eigenvalue weighted by atomic mass is 16.6. The van der Waals surface area contributed by atoms with E-state index in [1.54, 1.807) is 25.1 Å². The van der Waals surface area contributed by atoms with E-state index in [2.05, 4.69) is 5.32 Å². The van der Waals surface area contributed by atoms with Gasteiger partial charge in [0, 0.05) is 17.7 Å². The molecule has 0 saturated heterocycles. The lowest BCUT2D eigenvalue weighted by Crippen LogP contribution is -2.31. The Kier molecular flexibility index (Phi) is 6.91. The third-order valence-corrected chi connectivity index (χ3v) is 3.91. The van der Waals surface area contributed by atoms with E-state index in [1.165, 1.54) is 32.4 Å². The van der Waals surface area contributed by atoms with Gasteiger partial charge in [0.15, 0.2) is 6.61 Å². The smallest absolute Gasteiger partial charge is 0.338 e. The zero-order valence-electron chi connectivity index (χ0n) is 15.6. The van der Waals surface area contributed by atoms with Gasteiger partial charge in [-0.3, -0.25) is 14.9 Å². The first-order valence-electron chi connectivity index (χ1n) is 8.28. The lowest BCUT2D eigenvalue weighted by molar-refractivity contribution is -0.384. The molecule has 1 atom stereocenters. The number of benzene rings is 2. The first-order valence-corrected chi connectivity index (χ1v) is 8.28. The Balaban J connectivity index is 1.98. The third-order valence-electron chi connectivity index (χ3n) is 3.91. The summed E-state index contributed by atoms with van der Waals surface area (Å²) >= 11 is 0. The van der Waals surface area contributed by atoms with Gasteiger partial charge >= 0.3 is 5.97 Å². The number of carbonyl (C=O) groups is 2. The molecule has 0 heterocycles. The molecule has 2 rings (SSSR count). The van der Waals surface area contributed by atoms with Crippen LogP contribution in [-0.2, 0) is 9.53 Å². The van der Waals surface area contributed by atoms with Crippen molar-refractivity contribution in [1.29, 1.82) is 0 Å². The minimum atomic E-state index is -0.828. The van der Waals surface area contributed by atoms with E-state index in [4.69, 9.17) is 14.2 Å². The van der Waals surface area contributed by atoms with Crippen molar-refractivity contribution in [2.45, 2.75) is 13.0 Å². The van der Waals surface area contributed by atoms with Crippen molar-refractivity contribution in [3.63, 3.8) is 0 Å². The van der Waals surface area contributed by atoms with E-state index in [0.717, 1.165) is 6.07 Å². The molecule has 9 nitrogen and oxygen atoms in total. The van der Waals surface area contributed by atoms with Crippen molar-refractivity contribution in [3.8, 4) is 11.5 Å². The summed E-state index contributed by atoms with van der Waals surface area (Å²) in [5, 5.41) is 13.5. The second-order valence-electron chi connectivity index (χ2n) is 5.78. The number of amides is 1. The Labute approximate surface area is 161 Å². The summed E-state index contributed by atoms with van der Waals surface area (Å²) in [7, 11) is 3.04. The monoisotopic (exact) mass is 388 g/mol. The first-order chi connectivity index (χ1) is 13.3. The van der Waals surface area contributed by atoms with Crippen molar-refractivity contribution in [1.82, 2.24) is 5.32 Å². The molecule has 9 heteroatoms. The Hall–Kier alpha value is -3.62. The van der Waals surface area contributed by atoms with E-state index in [1.807, 2.05) is 0 Å². The average Bonchev–Trinajstić information content (AvgIpc) is 2.71. The second kappa shape index (κ2) is 9.36. The van der Waals surface area contributed by atoms with Crippen LogP contribution in [0.3, 0.4) is 0 Å². The fourth-order valence-corrected chi connectivity index (χ4v) is 2.50. The molecule has 1 amide bonds. The standard InChI is InChI=1S/C19H20N2O7/c1-12(16-10-15(26-2)7-8-17(16)27-3)20-18(22)11-28-19(23)13-5-4-6-14(9-13)21(24)25/h4-10,12H,11H2,1-3H3,(H,20,22)/t12-/m0/s1. The molecule has 2 aromatic rings. The second-order valence-corrected chi connectivity index (χ2v) is 5.78. The molecular weight excluding hydrogens is 368 g/mol. The number of hydrogen-bond donors (Lipinski definition) is 1. The number of nitro benzene ring substituents is 1. The third kappa shape index (κ3) is 5.19. The normalized spacial score (nSPS) is 11.2. The molecule has 0 fully saturated rings. The van der Waals surface area contributed by atoms with Crippen LogP contribution >= 0.6 is 0 Å². The van der Waals surface area contributed by atoms with Gasteiger partial charge < -0.3 is 19.5 Å². The summed E-state index contributed by atoms with van der Waals surface area (Å²) in [5.74, 6) is -0.183. The van der Waals surface area contributed by atoms with E-state index in [9.17, 15) is 19.7 Å². The number of non-ortho nitro benzene ring substituents is 1. The predicted octanol–water partition coefficient (Wildman–Crippen LogP) is 2.65. The van der Waals surface area contributed by atoms with Crippen LogP contribution in [0, 0.1) is 10.1 Å². The topological polar surface area (TPSA) is 117 Å². The molecule has 0 aliphatic heterocycles. The molecule has 0 unspecified atom stereocenters. The van der Waals surface area contributed by atoms with E-state index in [0.29, 0.717) is 17.1 Å². The van der Waals surface area contributed by atoms with Gasteiger partial charge in [0.25, 0.3) is 11.6 Å². The van der Waals surface area contributed by atoms with Crippen molar-refractivity contribution in [3.05, 3.63) is 63.7 Å². The molecule has 1 N–H and O–H groups in total. The number of rotatable bonds is 8. The lowest BCUT2D eigenvalue weighted by Gasteiger charge is -2.18. The van der Waals surface area contributed by atoms with E-state index in [-0.39, 0.29) is 11.3 Å². The molecule has 0 spiro atoms. The summed E-state index contributed by atoms with van der Waals surface area (Å²) < 4.78 is 15.4. The number of ether oxygens (including phenoxy) is 3. The number of hydrogen-bond acceptors (Lipinski definition) is 7. The predicted molar refractivity (Wildman–Crippen MR) is 99.5 cm³/mol. The summed E-state index contributed by atoms with van der Waals surface area (Å²) in [6.45, 7) is 1.22. The van der Waals surface area contributed by atoms with Gasteiger partial charge in [-0.2, -0.15) is 0 Å². The molecule has 2 aromatic carbocycles. The van der Waals surface area contributed by atoms with Crippen LogP contribution in [0.2, 0.25) is 0 Å². The fourth-order valence-electron chi connectivity index (χ4n) is 2.50. The summed E-state index contributed by atoms with van der Waals surface area (Å²) in [6, 6.07) is 9.84. The molecular formula is C19H20N2O7. The SMILES string of the molecule is COc1ccc(OC)c([C@H](C)NC(=O)COC(=O)c2cccc([N+](=O)[O-])c2)c1. The van der Waals surface area contributed by atoms with Crippen molar-refractivity contribution in [2.24, 2.45) is 0 Å². The maximum absolute atomic E-state index is 12.1. The lowest BCUT2D eigenvalue weighted by atomic mass is 10.1. The minimum absolute atomic E-state index is 0.00971. The molecule has 0 radical (unpaired) electrons.